The molecular weight excluding hydrogens is 198 g/mol. The Morgan fingerprint density at radius 3 is 2.94 bits per heavy atom. The molecule has 1 aromatic carbocycles. The summed E-state index contributed by atoms with van der Waals surface area (Å²) in [6.45, 7) is 2.43. The largest absolute Gasteiger partial charge is 0.394 e. The van der Waals surface area contributed by atoms with Crippen LogP contribution in [0, 0.1) is 6.92 Å². The maximum atomic E-state index is 9.35. The van der Waals surface area contributed by atoms with Crippen LogP contribution in [0.2, 0.25) is 0 Å². The number of benzene rings is 1. The standard InChI is InChI=1S/C14H19NO/c1-10-2-4-12-11(8-10)3-5-13(12)15-14(9-16)6-7-14/h2,4,8,13,15-16H,3,5-7,9H2,1H3. The van der Waals surface area contributed by atoms with E-state index >= 15 is 0 Å². The number of fused-ring (bicyclic) bond motifs is 1. The van der Waals surface area contributed by atoms with Gasteiger partial charge in [-0.15, -0.1) is 0 Å². The van der Waals surface area contributed by atoms with Crippen LogP contribution in [0.5, 0.6) is 0 Å². The van der Waals surface area contributed by atoms with Crippen LogP contribution in [-0.2, 0) is 6.42 Å². The Balaban J connectivity index is 1.81. The van der Waals surface area contributed by atoms with Crippen molar-refractivity contribution in [1.29, 1.82) is 0 Å². The van der Waals surface area contributed by atoms with Crippen LogP contribution in [0.25, 0.3) is 0 Å². The normalized spacial score (nSPS) is 25.5. The minimum absolute atomic E-state index is 0.0527. The third-order valence-corrected chi connectivity index (χ3v) is 4.01. The molecule has 1 unspecified atom stereocenters. The van der Waals surface area contributed by atoms with Crippen LogP contribution >= 0.6 is 0 Å². The molecule has 0 aliphatic heterocycles. The Kier molecular flexibility index (Phi) is 2.30. The van der Waals surface area contributed by atoms with Crippen molar-refractivity contribution in [3.63, 3.8) is 0 Å². The van der Waals surface area contributed by atoms with Crippen molar-refractivity contribution in [1.82, 2.24) is 5.32 Å². The van der Waals surface area contributed by atoms with Crippen LogP contribution in [0.15, 0.2) is 18.2 Å². The zero-order valence-electron chi connectivity index (χ0n) is 9.79. The van der Waals surface area contributed by atoms with Crippen LogP contribution < -0.4 is 5.32 Å². The summed E-state index contributed by atoms with van der Waals surface area (Å²) in [5.74, 6) is 0. The van der Waals surface area contributed by atoms with Gasteiger partial charge in [-0.05, 0) is 43.7 Å². The summed E-state index contributed by atoms with van der Waals surface area (Å²) in [5, 5.41) is 13.0. The lowest BCUT2D eigenvalue weighted by molar-refractivity contribution is 0.218. The van der Waals surface area contributed by atoms with E-state index in [1.165, 1.54) is 29.5 Å². The van der Waals surface area contributed by atoms with E-state index in [1.807, 2.05) is 0 Å². The first-order chi connectivity index (χ1) is 7.72. The van der Waals surface area contributed by atoms with E-state index in [-0.39, 0.29) is 12.1 Å². The van der Waals surface area contributed by atoms with Gasteiger partial charge in [-0.2, -0.15) is 0 Å². The molecule has 0 bridgehead atoms. The van der Waals surface area contributed by atoms with Crippen molar-refractivity contribution < 1.29 is 5.11 Å². The predicted molar refractivity (Wildman–Crippen MR) is 64.4 cm³/mol. The van der Waals surface area contributed by atoms with Gasteiger partial charge in [0.2, 0.25) is 0 Å². The van der Waals surface area contributed by atoms with Crippen LogP contribution in [0.3, 0.4) is 0 Å². The van der Waals surface area contributed by atoms with E-state index in [0.717, 1.165) is 12.8 Å². The lowest BCUT2D eigenvalue weighted by Gasteiger charge is -2.21. The van der Waals surface area contributed by atoms with Crippen molar-refractivity contribution in [2.75, 3.05) is 6.61 Å². The highest BCUT2D eigenvalue weighted by Gasteiger charge is 2.44. The third-order valence-electron chi connectivity index (χ3n) is 4.01. The maximum absolute atomic E-state index is 9.35. The topological polar surface area (TPSA) is 32.3 Å². The van der Waals surface area contributed by atoms with Crippen LogP contribution in [-0.4, -0.2) is 17.3 Å². The van der Waals surface area contributed by atoms with Gasteiger partial charge in [0.1, 0.15) is 0 Å². The average Bonchev–Trinajstić information content (AvgIpc) is 2.95. The fourth-order valence-electron chi connectivity index (χ4n) is 2.76. The molecule has 2 nitrogen and oxygen atoms in total. The zero-order valence-corrected chi connectivity index (χ0v) is 9.79. The van der Waals surface area contributed by atoms with Gasteiger partial charge in [0.15, 0.2) is 0 Å². The van der Waals surface area contributed by atoms with Gasteiger partial charge < -0.3 is 10.4 Å². The Labute approximate surface area is 96.7 Å². The molecule has 1 aromatic rings. The van der Waals surface area contributed by atoms with Gasteiger partial charge in [0, 0.05) is 11.6 Å². The van der Waals surface area contributed by atoms with Crippen molar-refractivity contribution in [2.24, 2.45) is 0 Å². The number of aliphatic hydroxyl groups excluding tert-OH is 1. The smallest absolute Gasteiger partial charge is 0.0613 e. The minimum Gasteiger partial charge on any atom is -0.394 e. The number of nitrogens with one attached hydrogen (secondary N) is 1. The molecule has 0 heterocycles. The van der Waals surface area contributed by atoms with Crippen molar-refractivity contribution in [3.8, 4) is 0 Å². The second-order valence-corrected chi connectivity index (χ2v) is 5.38. The molecule has 16 heavy (non-hydrogen) atoms. The number of aryl methyl sites for hydroxylation is 2. The first kappa shape index (κ1) is 10.3. The second kappa shape index (κ2) is 3.57. The van der Waals surface area contributed by atoms with Crippen molar-refractivity contribution in [2.45, 2.75) is 44.2 Å². The lowest BCUT2D eigenvalue weighted by atomic mass is 10.0. The summed E-state index contributed by atoms with van der Waals surface area (Å²) in [4.78, 5) is 0. The van der Waals surface area contributed by atoms with Gasteiger partial charge in [-0.3, -0.25) is 0 Å². The molecule has 1 fully saturated rings. The number of rotatable bonds is 3. The second-order valence-electron chi connectivity index (χ2n) is 5.38. The molecule has 2 N–H and O–H groups in total. The minimum atomic E-state index is 0.0527. The zero-order chi connectivity index (χ0) is 11.2. The van der Waals surface area contributed by atoms with Gasteiger partial charge in [0.05, 0.1) is 6.61 Å². The molecule has 2 heteroatoms. The highest BCUT2D eigenvalue weighted by Crippen LogP contribution is 2.40. The maximum Gasteiger partial charge on any atom is 0.0613 e. The summed E-state index contributed by atoms with van der Waals surface area (Å²) >= 11 is 0. The molecule has 1 saturated carbocycles. The number of hydrogen-bond donors (Lipinski definition) is 2. The molecule has 0 amide bonds. The van der Waals surface area contributed by atoms with Gasteiger partial charge in [0.25, 0.3) is 0 Å². The average molecular weight is 217 g/mol. The molecule has 0 saturated heterocycles. The van der Waals surface area contributed by atoms with Gasteiger partial charge in [-0.25, -0.2) is 0 Å². The first-order valence-corrected chi connectivity index (χ1v) is 6.20. The molecule has 2 aliphatic carbocycles. The number of aliphatic hydroxyl groups is 1. The summed E-state index contributed by atoms with van der Waals surface area (Å²) in [7, 11) is 0. The lowest BCUT2D eigenvalue weighted by Crippen LogP contribution is -2.37. The van der Waals surface area contributed by atoms with Crippen molar-refractivity contribution >= 4 is 0 Å². The Hall–Kier alpha value is -0.860. The van der Waals surface area contributed by atoms with Crippen LogP contribution in [0.4, 0.5) is 0 Å². The summed E-state index contributed by atoms with van der Waals surface area (Å²) < 4.78 is 0. The Bertz CT molecular complexity index is 409. The molecule has 0 radical (unpaired) electrons. The molecule has 0 aromatic heterocycles. The highest BCUT2D eigenvalue weighted by atomic mass is 16.3. The highest BCUT2D eigenvalue weighted by molar-refractivity contribution is 5.38. The van der Waals surface area contributed by atoms with Crippen molar-refractivity contribution in [3.05, 3.63) is 34.9 Å². The quantitative estimate of drug-likeness (QED) is 0.812. The fourth-order valence-corrected chi connectivity index (χ4v) is 2.76. The third kappa shape index (κ3) is 1.66. The predicted octanol–water partition coefficient (Wildman–Crippen LogP) is 2.10. The summed E-state index contributed by atoms with van der Waals surface area (Å²) in [6.07, 6.45) is 4.61. The van der Waals surface area contributed by atoms with Gasteiger partial charge >= 0.3 is 0 Å². The van der Waals surface area contributed by atoms with Crippen LogP contribution in [0.1, 0.15) is 42.0 Å². The summed E-state index contributed by atoms with van der Waals surface area (Å²) in [6, 6.07) is 7.21. The van der Waals surface area contributed by atoms with E-state index < -0.39 is 0 Å². The Morgan fingerprint density at radius 1 is 1.44 bits per heavy atom. The SMILES string of the molecule is Cc1ccc2c(c1)CCC2NC1(CO)CC1. The van der Waals surface area contributed by atoms with E-state index in [2.05, 4.69) is 30.4 Å². The summed E-state index contributed by atoms with van der Waals surface area (Å²) in [5.41, 5.74) is 4.34. The molecule has 86 valence electrons. The first-order valence-electron chi connectivity index (χ1n) is 6.20. The molecule has 0 spiro atoms. The monoisotopic (exact) mass is 217 g/mol. The molecular formula is C14H19NO. The van der Waals surface area contributed by atoms with E-state index in [1.54, 1.807) is 0 Å². The number of hydrogen-bond acceptors (Lipinski definition) is 2. The van der Waals surface area contributed by atoms with E-state index in [4.69, 9.17) is 0 Å². The fraction of sp³-hybridized carbons (Fsp3) is 0.571. The Morgan fingerprint density at radius 2 is 2.25 bits per heavy atom. The van der Waals surface area contributed by atoms with E-state index in [9.17, 15) is 5.11 Å². The molecule has 3 rings (SSSR count). The van der Waals surface area contributed by atoms with E-state index in [0.29, 0.717) is 6.04 Å². The molecule has 1 atom stereocenters. The van der Waals surface area contributed by atoms with Gasteiger partial charge in [-0.1, -0.05) is 23.8 Å². The molecule has 2 aliphatic rings.